The summed E-state index contributed by atoms with van der Waals surface area (Å²) in [4.78, 5) is 11.2. The van der Waals surface area contributed by atoms with Crippen molar-refractivity contribution in [1.29, 1.82) is 0 Å². The van der Waals surface area contributed by atoms with E-state index in [4.69, 9.17) is 15.2 Å². The molecule has 2 unspecified atom stereocenters. The molecule has 0 saturated carbocycles. The topological polar surface area (TPSA) is 85.0 Å². The van der Waals surface area contributed by atoms with Crippen molar-refractivity contribution in [3.8, 4) is 5.75 Å². The van der Waals surface area contributed by atoms with Crippen molar-refractivity contribution in [3.05, 3.63) is 48.2 Å². The van der Waals surface area contributed by atoms with E-state index in [1.165, 1.54) is 0 Å². The van der Waals surface area contributed by atoms with Crippen LogP contribution in [-0.2, 0) is 11.3 Å². The Kier molecular flexibility index (Phi) is 8.31. The number of morpholine rings is 1. The van der Waals surface area contributed by atoms with Gasteiger partial charge in [0.1, 0.15) is 11.6 Å². The first-order valence-corrected chi connectivity index (χ1v) is 9.10. The van der Waals surface area contributed by atoms with Gasteiger partial charge in [-0.3, -0.25) is 0 Å². The summed E-state index contributed by atoms with van der Waals surface area (Å²) in [6, 6.07) is 11.6. The third-order valence-electron chi connectivity index (χ3n) is 4.33. The number of hydrogen-bond donors (Lipinski definition) is 2. The lowest BCUT2D eigenvalue weighted by atomic mass is 10.2. The van der Waals surface area contributed by atoms with Gasteiger partial charge in [-0.1, -0.05) is 12.1 Å². The Bertz CT molecular complexity index is 774. The van der Waals surface area contributed by atoms with Crippen LogP contribution >= 0.6 is 24.0 Å². The zero-order valence-electron chi connectivity index (χ0n) is 16.5. The van der Waals surface area contributed by atoms with Crippen molar-refractivity contribution < 1.29 is 9.47 Å². The number of halogens is 1. The van der Waals surface area contributed by atoms with E-state index in [1.54, 1.807) is 7.11 Å². The molecule has 3 rings (SSSR count). The van der Waals surface area contributed by atoms with E-state index in [9.17, 15) is 0 Å². The Morgan fingerprint density at radius 2 is 2.04 bits per heavy atom. The van der Waals surface area contributed by atoms with E-state index in [0.29, 0.717) is 12.5 Å². The van der Waals surface area contributed by atoms with Gasteiger partial charge in [0.15, 0.2) is 5.96 Å². The van der Waals surface area contributed by atoms with Crippen LogP contribution < -0.4 is 20.7 Å². The third-order valence-corrected chi connectivity index (χ3v) is 4.33. The van der Waals surface area contributed by atoms with Crippen molar-refractivity contribution in [2.24, 2.45) is 10.7 Å². The smallest absolute Gasteiger partial charge is 0.193 e. The molecule has 28 heavy (non-hydrogen) atoms. The number of benzene rings is 1. The number of pyridine rings is 1. The summed E-state index contributed by atoms with van der Waals surface area (Å²) in [5.74, 6) is 2.08. The molecule has 0 amide bonds. The molecule has 2 aromatic rings. The molecule has 152 valence electrons. The summed E-state index contributed by atoms with van der Waals surface area (Å²) >= 11 is 0. The summed E-state index contributed by atoms with van der Waals surface area (Å²) in [6.45, 7) is 6.35. The minimum absolute atomic E-state index is 0. The molecule has 0 radical (unpaired) electrons. The molecular weight excluding hydrogens is 469 g/mol. The third kappa shape index (κ3) is 6.23. The molecule has 1 aromatic carbocycles. The predicted molar refractivity (Wildman–Crippen MR) is 124 cm³/mol. The lowest BCUT2D eigenvalue weighted by molar-refractivity contribution is -0.00545. The van der Waals surface area contributed by atoms with Gasteiger partial charge in [-0.25, -0.2) is 9.98 Å². The first kappa shape index (κ1) is 22.2. The second-order valence-electron chi connectivity index (χ2n) is 6.75. The molecule has 2 atom stereocenters. The number of nitrogens with zero attached hydrogens (tertiary/aromatic N) is 3. The number of ether oxygens (including phenoxy) is 2. The van der Waals surface area contributed by atoms with Crippen LogP contribution in [-0.4, -0.2) is 43.4 Å². The molecule has 1 aromatic heterocycles. The molecular formula is C20H28IN5O2. The number of hydrogen-bond acceptors (Lipinski definition) is 5. The summed E-state index contributed by atoms with van der Waals surface area (Å²) in [5, 5.41) is 3.06. The Morgan fingerprint density at radius 3 is 2.68 bits per heavy atom. The molecule has 1 aliphatic rings. The van der Waals surface area contributed by atoms with E-state index in [2.05, 4.69) is 34.0 Å². The number of rotatable bonds is 5. The Balaban J connectivity index is 0.00000280. The molecule has 0 bridgehead atoms. The quantitative estimate of drug-likeness (QED) is 0.375. The molecule has 0 aliphatic carbocycles. The molecule has 7 nitrogen and oxygen atoms in total. The van der Waals surface area contributed by atoms with Crippen LogP contribution in [0.15, 0.2) is 47.6 Å². The summed E-state index contributed by atoms with van der Waals surface area (Å²) in [5.41, 5.74) is 7.81. The van der Waals surface area contributed by atoms with Gasteiger partial charge in [-0.2, -0.15) is 0 Å². The lowest BCUT2D eigenvalue weighted by Gasteiger charge is -2.36. The molecule has 1 saturated heterocycles. The Morgan fingerprint density at radius 1 is 1.29 bits per heavy atom. The first-order chi connectivity index (χ1) is 13.0. The minimum atomic E-state index is 0. The highest BCUT2D eigenvalue weighted by Gasteiger charge is 2.22. The van der Waals surface area contributed by atoms with E-state index in [1.807, 2.05) is 42.6 Å². The second kappa shape index (κ2) is 10.5. The van der Waals surface area contributed by atoms with Crippen LogP contribution in [0.25, 0.3) is 0 Å². The van der Waals surface area contributed by atoms with Gasteiger partial charge in [0, 0.05) is 31.0 Å². The lowest BCUT2D eigenvalue weighted by Crippen LogP contribution is -2.45. The summed E-state index contributed by atoms with van der Waals surface area (Å²) < 4.78 is 11.0. The van der Waals surface area contributed by atoms with Crippen molar-refractivity contribution >= 4 is 41.4 Å². The summed E-state index contributed by atoms with van der Waals surface area (Å²) in [6.07, 6.45) is 2.27. The number of nitrogens with one attached hydrogen (secondary N) is 1. The molecule has 2 heterocycles. The number of methoxy groups -OCH3 is 1. The highest BCUT2D eigenvalue weighted by atomic mass is 127. The number of guanidine groups is 1. The number of aliphatic imine (C=N–C) groups is 1. The van der Waals surface area contributed by atoms with Gasteiger partial charge >= 0.3 is 0 Å². The van der Waals surface area contributed by atoms with Crippen molar-refractivity contribution in [2.45, 2.75) is 32.6 Å². The van der Waals surface area contributed by atoms with Crippen LogP contribution in [0.3, 0.4) is 0 Å². The van der Waals surface area contributed by atoms with E-state index >= 15 is 0 Å². The summed E-state index contributed by atoms with van der Waals surface area (Å²) in [7, 11) is 1.63. The van der Waals surface area contributed by atoms with Gasteiger partial charge in [-0.05, 0) is 37.6 Å². The van der Waals surface area contributed by atoms with Crippen LogP contribution in [0.1, 0.15) is 19.4 Å². The highest BCUT2D eigenvalue weighted by molar-refractivity contribution is 14.0. The molecule has 1 fully saturated rings. The largest absolute Gasteiger partial charge is 0.497 e. The van der Waals surface area contributed by atoms with Gasteiger partial charge < -0.3 is 25.4 Å². The van der Waals surface area contributed by atoms with Gasteiger partial charge in [0.25, 0.3) is 0 Å². The number of anilines is 2. The van der Waals surface area contributed by atoms with Gasteiger partial charge in [0.05, 0.1) is 25.9 Å². The van der Waals surface area contributed by atoms with E-state index in [0.717, 1.165) is 35.9 Å². The maximum atomic E-state index is 5.98. The fraction of sp³-hybridized carbons (Fsp3) is 0.400. The highest BCUT2D eigenvalue weighted by Crippen LogP contribution is 2.19. The number of nitrogens with two attached hydrogens (primary N) is 1. The first-order valence-electron chi connectivity index (χ1n) is 9.10. The zero-order valence-corrected chi connectivity index (χ0v) is 18.8. The molecule has 1 aliphatic heterocycles. The fourth-order valence-electron chi connectivity index (χ4n) is 3.13. The van der Waals surface area contributed by atoms with Crippen molar-refractivity contribution in [3.63, 3.8) is 0 Å². The molecule has 3 N–H and O–H groups in total. The SMILES string of the molecule is COc1cccc(NC(N)=NCc2ccc(N3CC(C)OC(C)C3)nc2)c1.I. The minimum Gasteiger partial charge on any atom is -0.497 e. The molecule has 8 heteroatoms. The normalized spacial score (nSPS) is 19.7. The van der Waals surface area contributed by atoms with Crippen molar-refractivity contribution in [2.75, 3.05) is 30.4 Å². The molecule has 0 spiro atoms. The second-order valence-corrected chi connectivity index (χ2v) is 6.75. The van der Waals surface area contributed by atoms with Crippen LogP contribution in [0, 0.1) is 0 Å². The van der Waals surface area contributed by atoms with Gasteiger partial charge in [0.2, 0.25) is 0 Å². The maximum Gasteiger partial charge on any atom is 0.193 e. The van der Waals surface area contributed by atoms with Crippen LogP contribution in [0.4, 0.5) is 11.5 Å². The maximum absolute atomic E-state index is 5.98. The van der Waals surface area contributed by atoms with E-state index < -0.39 is 0 Å². The average Bonchev–Trinajstić information content (AvgIpc) is 2.66. The monoisotopic (exact) mass is 497 g/mol. The standard InChI is InChI=1S/C20H27N5O2.HI/c1-14-12-25(13-15(2)27-14)19-8-7-16(10-22-19)11-23-20(21)24-17-5-4-6-18(9-17)26-3;/h4-10,14-15H,11-13H2,1-3H3,(H3,21,23,24);1H. The van der Waals surface area contributed by atoms with E-state index in [-0.39, 0.29) is 36.2 Å². The van der Waals surface area contributed by atoms with Gasteiger partial charge in [-0.15, -0.1) is 24.0 Å². The zero-order chi connectivity index (χ0) is 19.2. The average molecular weight is 497 g/mol. The van der Waals surface area contributed by atoms with Crippen LogP contribution in [0.2, 0.25) is 0 Å². The fourth-order valence-corrected chi connectivity index (χ4v) is 3.13. The van der Waals surface area contributed by atoms with Crippen LogP contribution in [0.5, 0.6) is 5.75 Å². The van der Waals surface area contributed by atoms with Crippen molar-refractivity contribution in [1.82, 2.24) is 4.98 Å². The Labute approximate surface area is 183 Å². The predicted octanol–water partition coefficient (Wildman–Crippen LogP) is 3.25. The number of aromatic nitrogens is 1. The Hall–Kier alpha value is -2.07.